The summed E-state index contributed by atoms with van der Waals surface area (Å²) >= 11 is 0. The Hall–Kier alpha value is -3.26. The minimum atomic E-state index is -0.500. The van der Waals surface area contributed by atoms with Crippen molar-refractivity contribution in [2.75, 3.05) is 37.6 Å². The Bertz CT molecular complexity index is 1120. The molecule has 3 aromatic rings. The zero-order chi connectivity index (χ0) is 22.2. The Labute approximate surface area is 181 Å². The van der Waals surface area contributed by atoms with E-state index in [-0.39, 0.29) is 18.2 Å². The first-order valence-electron chi connectivity index (χ1n) is 10.5. The molecule has 1 fully saturated rings. The molecule has 1 saturated heterocycles. The number of benzene rings is 1. The van der Waals surface area contributed by atoms with E-state index in [0.29, 0.717) is 35.5 Å². The van der Waals surface area contributed by atoms with E-state index in [1.54, 1.807) is 17.3 Å². The zero-order valence-corrected chi connectivity index (χ0v) is 18.2. The number of rotatable bonds is 4. The molecule has 1 aromatic carbocycles. The topological polar surface area (TPSA) is 108 Å². The van der Waals surface area contributed by atoms with Gasteiger partial charge < -0.3 is 20.5 Å². The number of Topliss-reactive ketones (excluding diaryl/α,β-unsaturated/α-hetero) is 1. The smallest absolute Gasteiger partial charge is 0.236 e. The van der Waals surface area contributed by atoms with Crippen molar-refractivity contribution < 1.29 is 9.59 Å². The highest BCUT2D eigenvalue weighted by Crippen LogP contribution is 2.28. The van der Waals surface area contributed by atoms with E-state index in [1.165, 1.54) is 0 Å². The predicted molar refractivity (Wildman–Crippen MR) is 121 cm³/mol. The average Bonchev–Trinajstić information content (AvgIpc) is 3.20. The third-order valence-electron chi connectivity index (χ3n) is 5.62. The number of aromatic nitrogens is 3. The van der Waals surface area contributed by atoms with Gasteiger partial charge in [-0.2, -0.15) is 0 Å². The van der Waals surface area contributed by atoms with E-state index in [0.717, 1.165) is 24.3 Å². The SMILES string of the molecule is CC(C)(C)C(=O)c1c[nH]c2ncc(-c3cccc(N4CCN(C(=O)CN)CC4)c3)nc12. The van der Waals surface area contributed by atoms with Crippen molar-refractivity contribution in [3.8, 4) is 11.3 Å². The van der Waals surface area contributed by atoms with Crippen molar-refractivity contribution in [1.82, 2.24) is 19.9 Å². The van der Waals surface area contributed by atoms with E-state index in [4.69, 9.17) is 10.7 Å². The highest BCUT2D eigenvalue weighted by molar-refractivity contribution is 6.08. The second kappa shape index (κ2) is 8.11. The second-order valence-corrected chi connectivity index (χ2v) is 8.86. The third kappa shape index (κ3) is 4.16. The van der Waals surface area contributed by atoms with Gasteiger partial charge in [-0.05, 0) is 12.1 Å². The van der Waals surface area contributed by atoms with Gasteiger partial charge in [-0.15, -0.1) is 0 Å². The molecule has 8 heteroatoms. The number of fused-ring (bicyclic) bond motifs is 1. The number of amides is 1. The summed E-state index contributed by atoms with van der Waals surface area (Å²) in [5, 5.41) is 0. The molecule has 0 unspecified atom stereocenters. The van der Waals surface area contributed by atoms with Crippen LogP contribution >= 0.6 is 0 Å². The number of aromatic amines is 1. The molecule has 4 rings (SSSR count). The van der Waals surface area contributed by atoms with Crippen LogP contribution in [-0.2, 0) is 4.79 Å². The molecule has 2 aromatic heterocycles. The van der Waals surface area contributed by atoms with Crippen LogP contribution in [0, 0.1) is 5.41 Å². The number of hydrogen-bond acceptors (Lipinski definition) is 6. The van der Waals surface area contributed by atoms with Crippen molar-refractivity contribution in [2.24, 2.45) is 11.1 Å². The highest BCUT2D eigenvalue weighted by atomic mass is 16.2. The van der Waals surface area contributed by atoms with Crippen LogP contribution in [0.1, 0.15) is 31.1 Å². The first-order valence-corrected chi connectivity index (χ1v) is 10.5. The first kappa shape index (κ1) is 21.0. The van der Waals surface area contributed by atoms with E-state index in [9.17, 15) is 9.59 Å². The molecule has 162 valence electrons. The Kier molecular flexibility index (Phi) is 5.49. The van der Waals surface area contributed by atoms with Gasteiger partial charge in [0, 0.05) is 49.0 Å². The lowest BCUT2D eigenvalue weighted by Gasteiger charge is -2.36. The molecule has 1 amide bonds. The molecule has 0 atom stereocenters. The van der Waals surface area contributed by atoms with E-state index in [1.807, 2.05) is 32.9 Å². The molecule has 3 N–H and O–H groups in total. The van der Waals surface area contributed by atoms with Crippen molar-refractivity contribution in [2.45, 2.75) is 20.8 Å². The van der Waals surface area contributed by atoms with Gasteiger partial charge in [-0.25, -0.2) is 9.97 Å². The number of nitrogens with zero attached hydrogens (tertiary/aromatic N) is 4. The molecule has 0 saturated carbocycles. The Morgan fingerprint density at radius 3 is 2.58 bits per heavy atom. The summed E-state index contributed by atoms with van der Waals surface area (Å²) in [5.41, 5.74) is 9.46. The van der Waals surface area contributed by atoms with Crippen molar-refractivity contribution >= 4 is 28.5 Å². The fraction of sp³-hybridized carbons (Fsp3) is 0.391. The van der Waals surface area contributed by atoms with E-state index >= 15 is 0 Å². The Balaban J connectivity index is 1.61. The van der Waals surface area contributed by atoms with Gasteiger partial charge in [-0.1, -0.05) is 32.9 Å². The Morgan fingerprint density at radius 1 is 1.16 bits per heavy atom. The summed E-state index contributed by atoms with van der Waals surface area (Å²) in [6.45, 7) is 8.57. The highest BCUT2D eigenvalue weighted by Gasteiger charge is 2.26. The van der Waals surface area contributed by atoms with Gasteiger partial charge in [0.15, 0.2) is 11.4 Å². The molecular formula is C23H28N6O2. The summed E-state index contributed by atoms with van der Waals surface area (Å²) < 4.78 is 0. The fourth-order valence-electron chi connectivity index (χ4n) is 3.81. The molecule has 8 nitrogen and oxygen atoms in total. The first-order chi connectivity index (χ1) is 14.8. The maximum absolute atomic E-state index is 12.8. The molecule has 31 heavy (non-hydrogen) atoms. The van der Waals surface area contributed by atoms with Crippen LogP contribution in [0.15, 0.2) is 36.7 Å². The summed E-state index contributed by atoms with van der Waals surface area (Å²) in [6, 6.07) is 8.12. The summed E-state index contributed by atoms with van der Waals surface area (Å²) in [4.78, 5) is 41.0. The van der Waals surface area contributed by atoms with Crippen LogP contribution in [0.25, 0.3) is 22.4 Å². The van der Waals surface area contributed by atoms with Crippen LogP contribution in [0.5, 0.6) is 0 Å². The van der Waals surface area contributed by atoms with Gasteiger partial charge in [0.05, 0.1) is 24.0 Å². The number of hydrogen-bond donors (Lipinski definition) is 2. The van der Waals surface area contributed by atoms with Crippen molar-refractivity contribution in [3.05, 3.63) is 42.2 Å². The molecule has 0 aliphatic carbocycles. The number of carbonyl (C=O) groups excluding carboxylic acids is 2. The molecule has 1 aliphatic heterocycles. The van der Waals surface area contributed by atoms with Gasteiger partial charge in [0.2, 0.25) is 5.91 Å². The summed E-state index contributed by atoms with van der Waals surface area (Å²) in [5.74, 6) is 0.0212. The second-order valence-electron chi connectivity index (χ2n) is 8.86. The third-order valence-corrected chi connectivity index (χ3v) is 5.62. The minimum absolute atomic E-state index is 0.0101. The molecule has 0 bridgehead atoms. The largest absolute Gasteiger partial charge is 0.368 e. The van der Waals surface area contributed by atoms with E-state index in [2.05, 4.69) is 27.0 Å². The molecule has 0 spiro atoms. The number of piperazine rings is 1. The van der Waals surface area contributed by atoms with Gasteiger partial charge >= 0.3 is 0 Å². The summed E-state index contributed by atoms with van der Waals surface area (Å²) in [7, 11) is 0. The lowest BCUT2D eigenvalue weighted by molar-refractivity contribution is -0.129. The molecule has 0 radical (unpaired) electrons. The Morgan fingerprint density at radius 2 is 1.90 bits per heavy atom. The van der Waals surface area contributed by atoms with Crippen LogP contribution in [0.4, 0.5) is 5.69 Å². The normalized spacial score (nSPS) is 14.8. The molecular weight excluding hydrogens is 392 g/mol. The zero-order valence-electron chi connectivity index (χ0n) is 18.2. The van der Waals surface area contributed by atoms with E-state index < -0.39 is 5.41 Å². The quantitative estimate of drug-likeness (QED) is 0.628. The number of nitrogens with one attached hydrogen (secondary N) is 1. The lowest BCUT2D eigenvalue weighted by atomic mass is 9.87. The maximum atomic E-state index is 12.8. The maximum Gasteiger partial charge on any atom is 0.236 e. The minimum Gasteiger partial charge on any atom is -0.368 e. The monoisotopic (exact) mass is 420 g/mol. The number of nitrogens with two attached hydrogens (primary N) is 1. The van der Waals surface area contributed by atoms with Crippen LogP contribution in [0.3, 0.4) is 0 Å². The number of anilines is 1. The number of carbonyl (C=O) groups is 2. The van der Waals surface area contributed by atoms with Crippen molar-refractivity contribution in [3.63, 3.8) is 0 Å². The molecule has 1 aliphatic rings. The lowest BCUT2D eigenvalue weighted by Crippen LogP contribution is -2.50. The summed E-state index contributed by atoms with van der Waals surface area (Å²) in [6.07, 6.45) is 3.42. The number of H-pyrrole nitrogens is 1. The number of ketones is 1. The average molecular weight is 421 g/mol. The molecule has 3 heterocycles. The van der Waals surface area contributed by atoms with Crippen LogP contribution < -0.4 is 10.6 Å². The van der Waals surface area contributed by atoms with Gasteiger partial charge in [0.1, 0.15) is 5.52 Å². The fourth-order valence-corrected chi connectivity index (χ4v) is 3.81. The van der Waals surface area contributed by atoms with Crippen LogP contribution in [0.2, 0.25) is 0 Å². The van der Waals surface area contributed by atoms with Gasteiger partial charge in [0.25, 0.3) is 0 Å². The van der Waals surface area contributed by atoms with Crippen molar-refractivity contribution in [1.29, 1.82) is 0 Å². The van der Waals surface area contributed by atoms with Gasteiger partial charge in [-0.3, -0.25) is 9.59 Å². The standard InChI is InChI=1S/C23H28N6O2/c1-23(2,3)21(31)17-13-25-22-20(17)27-18(14-26-22)15-5-4-6-16(11-15)28-7-9-29(10-8-28)19(30)12-24/h4-6,11,13-14H,7-10,12,24H2,1-3H3,(H,25,26). The predicted octanol–water partition coefficient (Wildman–Crippen LogP) is 2.46. The van der Waals surface area contributed by atoms with Crippen LogP contribution in [-0.4, -0.2) is 64.3 Å².